The van der Waals surface area contributed by atoms with Gasteiger partial charge in [0.25, 0.3) is 5.91 Å². The van der Waals surface area contributed by atoms with Gasteiger partial charge in [-0.15, -0.1) is 0 Å². The molecule has 1 aliphatic rings. The second-order valence-corrected chi connectivity index (χ2v) is 8.39. The van der Waals surface area contributed by atoms with Crippen molar-refractivity contribution in [1.82, 2.24) is 9.88 Å². The lowest BCUT2D eigenvalue weighted by Crippen LogP contribution is -2.49. The smallest absolute Gasteiger partial charge is 0.255 e. The summed E-state index contributed by atoms with van der Waals surface area (Å²) in [6.07, 6.45) is 2.69. The van der Waals surface area contributed by atoms with E-state index in [1.807, 2.05) is 0 Å². The minimum absolute atomic E-state index is 0.265. The summed E-state index contributed by atoms with van der Waals surface area (Å²) in [5, 5.41) is -0.745. The number of pyridine rings is 1. The van der Waals surface area contributed by atoms with Gasteiger partial charge in [-0.1, -0.05) is 0 Å². The molecule has 1 fully saturated rings. The van der Waals surface area contributed by atoms with Crippen LogP contribution in [0.1, 0.15) is 10.4 Å². The molecule has 0 aromatic carbocycles. The predicted octanol–water partition coefficient (Wildman–Crippen LogP) is 1.40. The Kier molecular flexibility index (Phi) is 4.52. The summed E-state index contributed by atoms with van der Waals surface area (Å²) in [6, 6.07) is 3.19. The summed E-state index contributed by atoms with van der Waals surface area (Å²) in [4.78, 5) is 17.8. The van der Waals surface area contributed by atoms with Crippen molar-refractivity contribution in [2.45, 2.75) is 5.37 Å². The molecule has 1 amide bonds. The summed E-state index contributed by atoms with van der Waals surface area (Å²) in [5.74, 6) is 0.916. The first-order chi connectivity index (χ1) is 8.89. The number of aromatic nitrogens is 1. The molecule has 2 rings (SSSR count). The van der Waals surface area contributed by atoms with Crippen LogP contribution in [0.3, 0.4) is 0 Å². The normalized spacial score (nSPS) is 20.3. The highest BCUT2D eigenvalue weighted by Gasteiger charge is 2.34. The minimum Gasteiger partial charge on any atom is -0.320 e. The number of hydrogen-bond donors (Lipinski definition) is 0. The lowest BCUT2D eigenvalue weighted by atomic mass is 10.2. The standard InChI is InChI=1S/C11H13BrN2O3S2/c1-19(16,17)10-7-18-5-4-14(10)11(15)8-2-3-13-9(12)6-8/h2-3,6,10H,4-5,7H2,1H3. The zero-order valence-electron chi connectivity index (χ0n) is 10.2. The molecule has 8 heteroatoms. The molecule has 0 bridgehead atoms. The van der Waals surface area contributed by atoms with E-state index >= 15 is 0 Å². The number of thioether (sulfide) groups is 1. The molecule has 2 heterocycles. The van der Waals surface area contributed by atoms with Gasteiger partial charge in [0, 0.05) is 36.1 Å². The lowest BCUT2D eigenvalue weighted by Gasteiger charge is -2.34. The van der Waals surface area contributed by atoms with E-state index in [2.05, 4.69) is 20.9 Å². The van der Waals surface area contributed by atoms with Gasteiger partial charge in [-0.2, -0.15) is 11.8 Å². The van der Waals surface area contributed by atoms with Crippen LogP contribution >= 0.6 is 27.7 Å². The molecule has 1 atom stereocenters. The van der Waals surface area contributed by atoms with Gasteiger partial charge < -0.3 is 4.90 Å². The third-order valence-electron chi connectivity index (χ3n) is 2.81. The Hall–Kier alpha value is -0.600. The molecule has 0 N–H and O–H groups in total. The van der Waals surface area contributed by atoms with Crippen LogP contribution in [0.15, 0.2) is 22.9 Å². The van der Waals surface area contributed by atoms with Gasteiger partial charge in [0.15, 0.2) is 9.84 Å². The highest BCUT2D eigenvalue weighted by molar-refractivity contribution is 9.10. The molecule has 1 aromatic rings. The molecule has 0 saturated carbocycles. The topological polar surface area (TPSA) is 67.3 Å². The molecule has 104 valence electrons. The fourth-order valence-corrected chi connectivity index (χ4v) is 5.05. The molecule has 0 spiro atoms. The number of rotatable bonds is 2. The second-order valence-electron chi connectivity index (χ2n) is 4.22. The van der Waals surface area contributed by atoms with Crippen molar-refractivity contribution in [3.8, 4) is 0 Å². The molecule has 1 aliphatic heterocycles. The molecular weight excluding hydrogens is 352 g/mol. The molecule has 0 aliphatic carbocycles. The zero-order valence-corrected chi connectivity index (χ0v) is 13.5. The summed E-state index contributed by atoms with van der Waals surface area (Å²) >= 11 is 4.76. The van der Waals surface area contributed by atoms with Gasteiger partial charge in [0.1, 0.15) is 9.98 Å². The maximum atomic E-state index is 12.4. The quantitative estimate of drug-likeness (QED) is 0.742. The van der Waals surface area contributed by atoms with Crippen LogP contribution in [0.4, 0.5) is 0 Å². The predicted molar refractivity (Wildman–Crippen MR) is 78.9 cm³/mol. The Labute approximate surface area is 124 Å². The van der Waals surface area contributed by atoms with Crippen molar-refractivity contribution in [2.24, 2.45) is 0 Å². The van der Waals surface area contributed by atoms with E-state index in [9.17, 15) is 13.2 Å². The Morgan fingerprint density at radius 1 is 1.58 bits per heavy atom. The van der Waals surface area contributed by atoms with Gasteiger partial charge in [-0.25, -0.2) is 13.4 Å². The highest BCUT2D eigenvalue weighted by atomic mass is 79.9. The van der Waals surface area contributed by atoms with Crippen molar-refractivity contribution in [1.29, 1.82) is 0 Å². The van der Waals surface area contributed by atoms with Crippen molar-refractivity contribution in [2.75, 3.05) is 24.3 Å². The van der Waals surface area contributed by atoms with E-state index < -0.39 is 15.2 Å². The SMILES string of the molecule is CS(=O)(=O)C1CSCCN1C(=O)c1ccnc(Br)c1. The second kappa shape index (κ2) is 5.80. The van der Waals surface area contributed by atoms with Crippen LogP contribution in [0.5, 0.6) is 0 Å². The lowest BCUT2D eigenvalue weighted by molar-refractivity contribution is 0.0749. The summed E-state index contributed by atoms with van der Waals surface area (Å²) in [5.41, 5.74) is 0.447. The van der Waals surface area contributed by atoms with Crippen molar-refractivity contribution < 1.29 is 13.2 Å². The maximum Gasteiger partial charge on any atom is 0.255 e. The Morgan fingerprint density at radius 2 is 2.32 bits per heavy atom. The highest BCUT2D eigenvalue weighted by Crippen LogP contribution is 2.22. The first kappa shape index (κ1) is 14.8. The largest absolute Gasteiger partial charge is 0.320 e. The van der Waals surface area contributed by atoms with Gasteiger partial charge in [0.05, 0.1) is 0 Å². The molecule has 19 heavy (non-hydrogen) atoms. The van der Waals surface area contributed by atoms with E-state index in [-0.39, 0.29) is 5.91 Å². The van der Waals surface area contributed by atoms with E-state index in [4.69, 9.17) is 0 Å². The van der Waals surface area contributed by atoms with Crippen LogP contribution in [0.2, 0.25) is 0 Å². The monoisotopic (exact) mass is 364 g/mol. The minimum atomic E-state index is -3.28. The molecule has 1 saturated heterocycles. The summed E-state index contributed by atoms with van der Waals surface area (Å²) in [6.45, 7) is 0.446. The van der Waals surface area contributed by atoms with Crippen molar-refractivity contribution in [3.05, 3.63) is 28.5 Å². The van der Waals surface area contributed by atoms with Crippen LogP contribution < -0.4 is 0 Å². The maximum absolute atomic E-state index is 12.4. The number of nitrogens with zero attached hydrogens (tertiary/aromatic N) is 2. The molecule has 1 unspecified atom stereocenters. The van der Waals surface area contributed by atoms with E-state index in [1.165, 1.54) is 17.4 Å². The molecule has 0 radical (unpaired) electrons. The summed E-state index contributed by atoms with van der Waals surface area (Å²) in [7, 11) is -3.28. The molecule has 1 aromatic heterocycles. The molecular formula is C11H13BrN2O3S2. The Morgan fingerprint density at radius 3 is 2.95 bits per heavy atom. The number of hydrogen-bond acceptors (Lipinski definition) is 5. The van der Waals surface area contributed by atoms with Crippen LogP contribution in [0, 0.1) is 0 Å². The zero-order chi connectivity index (χ0) is 14.0. The number of carbonyl (C=O) groups excluding carboxylic acids is 1. The number of halogens is 1. The van der Waals surface area contributed by atoms with Crippen LogP contribution in [0.25, 0.3) is 0 Å². The van der Waals surface area contributed by atoms with Crippen molar-refractivity contribution >= 4 is 43.4 Å². The van der Waals surface area contributed by atoms with E-state index in [0.717, 1.165) is 5.75 Å². The Bertz CT molecular complexity index is 591. The third kappa shape index (κ3) is 3.49. The van der Waals surface area contributed by atoms with Gasteiger partial charge in [0.2, 0.25) is 0 Å². The first-order valence-corrected chi connectivity index (χ1v) is 9.49. The third-order valence-corrected chi connectivity index (χ3v) is 5.89. The average Bonchev–Trinajstić information content (AvgIpc) is 2.37. The van der Waals surface area contributed by atoms with Crippen LogP contribution in [-0.2, 0) is 9.84 Å². The Balaban J connectivity index is 2.30. The summed E-state index contributed by atoms with van der Waals surface area (Å²) < 4.78 is 24.1. The van der Waals surface area contributed by atoms with Crippen molar-refractivity contribution in [3.63, 3.8) is 0 Å². The van der Waals surface area contributed by atoms with Gasteiger partial charge in [-0.3, -0.25) is 4.79 Å². The van der Waals surface area contributed by atoms with Gasteiger partial charge in [-0.05, 0) is 28.1 Å². The number of carbonyl (C=O) groups is 1. The van der Waals surface area contributed by atoms with E-state index in [1.54, 1.807) is 23.9 Å². The average molecular weight is 365 g/mol. The van der Waals surface area contributed by atoms with Crippen LogP contribution in [-0.4, -0.2) is 53.9 Å². The fourth-order valence-electron chi connectivity index (χ4n) is 1.87. The fraction of sp³-hybridized carbons (Fsp3) is 0.455. The number of sulfone groups is 1. The van der Waals surface area contributed by atoms with E-state index in [0.29, 0.717) is 22.5 Å². The first-order valence-electron chi connectivity index (χ1n) is 5.59. The van der Waals surface area contributed by atoms with Gasteiger partial charge >= 0.3 is 0 Å². The number of amides is 1. The molecule has 5 nitrogen and oxygen atoms in total.